The second-order valence-corrected chi connectivity index (χ2v) is 2.37. The second kappa shape index (κ2) is 4.25. The van der Waals surface area contributed by atoms with Gasteiger partial charge in [0.15, 0.2) is 0 Å². The molecule has 0 atom stereocenters. The number of carboxylic acids is 1. The van der Waals surface area contributed by atoms with Gasteiger partial charge in [0.25, 0.3) is 0 Å². The molecule has 13 heavy (non-hydrogen) atoms. The van der Waals surface area contributed by atoms with Crippen LogP contribution < -0.4 is 0 Å². The minimum absolute atomic E-state index is 0.114. The normalized spacial score (nSPS) is 9.23. The van der Waals surface area contributed by atoms with E-state index in [9.17, 15) is 9.59 Å². The Labute approximate surface area is 74.8 Å². The van der Waals surface area contributed by atoms with Crippen LogP contribution in [0, 0.1) is 0 Å². The van der Waals surface area contributed by atoms with Gasteiger partial charge in [-0.25, -0.2) is 9.59 Å². The van der Waals surface area contributed by atoms with Crippen molar-refractivity contribution in [2.75, 3.05) is 0 Å². The smallest absolute Gasteiger partial charge is 0.417 e. The number of hydrogen-bond acceptors (Lipinski definition) is 3. The molecular weight excluding hydrogens is 172 g/mol. The first-order valence-corrected chi connectivity index (χ1v) is 3.55. The van der Waals surface area contributed by atoms with Crippen LogP contribution in [0.5, 0.6) is 0 Å². The van der Waals surface area contributed by atoms with Crippen LogP contribution in [-0.2, 0) is 16.1 Å². The van der Waals surface area contributed by atoms with Crippen LogP contribution in [-0.4, -0.2) is 17.5 Å². The van der Waals surface area contributed by atoms with Gasteiger partial charge in [0.05, 0.1) is 5.56 Å². The SMILES string of the molecule is O=[C]OCc1ccc(C(=O)O)cc1. The van der Waals surface area contributed by atoms with E-state index in [1.807, 2.05) is 0 Å². The Balaban J connectivity index is 2.69. The summed E-state index contributed by atoms with van der Waals surface area (Å²) in [7, 11) is 0. The number of ether oxygens (including phenoxy) is 1. The van der Waals surface area contributed by atoms with Gasteiger partial charge >= 0.3 is 12.4 Å². The monoisotopic (exact) mass is 179 g/mol. The molecule has 0 aromatic heterocycles. The summed E-state index contributed by atoms with van der Waals surface area (Å²) in [4.78, 5) is 20.1. The lowest BCUT2D eigenvalue weighted by atomic mass is 10.1. The third kappa shape index (κ3) is 2.59. The molecule has 1 aromatic carbocycles. The number of carbonyl (C=O) groups excluding carboxylic acids is 1. The van der Waals surface area contributed by atoms with Crippen molar-refractivity contribution in [1.82, 2.24) is 0 Å². The average Bonchev–Trinajstić information content (AvgIpc) is 2.15. The third-order valence-electron chi connectivity index (χ3n) is 1.50. The molecular formula is C9H7O4. The maximum absolute atomic E-state index is 10.4. The van der Waals surface area contributed by atoms with Crippen LogP contribution in [0.4, 0.5) is 0 Å². The van der Waals surface area contributed by atoms with E-state index in [1.54, 1.807) is 12.1 Å². The van der Waals surface area contributed by atoms with Gasteiger partial charge in [0.1, 0.15) is 6.61 Å². The summed E-state index contributed by atoms with van der Waals surface area (Å²) in [5, 5.41) is 8.56. The maximum Gasteiger partial charge on any atom is 0.417 e. The minimum atomic E-state index is -0.977. The molecule has 0 aliphatic rings. The predicted octanol–water partition coefficient (Wildman–Crippen LogP) is 0.969. The number of carbonyl (C=O) groups is 1. The Kier molecular flexibility index (Phi) is 3.03. The Morgan fingerprint density at radius 1 is 1.38 bits per heavy atom. The number of benzene rings is 1. The van der Waals surface area contributed by atoms with E-state index < -0.39 is 5.97 Å². The van der Waals surface area contributed by atoms with E-state index in [2.05, 4.69) is 4.74 Å². The molecule has 4 nitrogen and oxygen atoms in total. The highest BCUT2D eigenvalue weighted by Gasteiger charge is 2.01. The zero-order valence-electron chi connectivity index (χ0n) is 6.69. The van der Waals surface area contributed by atoms with Crippen molar-refractivity contribution in [1.29, 1.82) is 0 Å². The number of hydrogen-bond donors (Lipinski definition) is 1. The summed E-state index contributed by atoms with van der Waals surface area (Å²) >= 11 is 0. The molecule has 0 aliphatic heterocycles. The summed E-state index contributed by atoms with van der Waals surface area (Å²) in [6, 6.07) is 6.07. The second-order valence-electron chi connectivity index (χ2n) is 2.37. The quantitative estimate of drug-likeness (QED) is 0.747. The number of carboxylic acid groups (broad SMARTS) is 1. The van der Waals surface area contributed by atoms with Crippen LogP contribution in [0.1, 0.15) is 15.9 Å². The first kappa shape index (κ1) is 9.25. The lowest BCUT2D eigenvalue weighted by Gasteiger charge is -1.98. The molecule has 1 radical (unpaired) electrons. The molecule has 0 aliphatic carbocycles. The van der Waals surface area contributed by atoms with Crippen molar-refractivity contribution >= 4 is 12.4 Å². The summed E-state index contributed by atoms with van der Waals surface area (Å²) < 4.78 is 4.37. The Hall–Kier alpha value is -1.84. The maximum atomic E-state index is 10.4. The lowest BCUT2D eigenvalue weighted by molar-refractivity contribution is 0.0697. The van der Waals surface area contributed by atoms with Crippen LogP contribution in [0.3, 0.4) is 0 Å². The molecule has 0 amide bonds. The molecule has 4 heteroatoms. The zero-order valence-corrected chi connectivity index (χ0v) is 6.69. The Morgan fingerprint density at radius 2 is 2.00 bits per heavy atom. The lowest BCUT2D eigenvalue weighted by Crippen LogP contribution is -1.96. The minimum Gasteiger partial charge on any atom is -0.478 e. The topological polar surface area (TPSA) is 63.6 Å². The van der Waals surface area contributed by atoms with Gasteiger partial charge in [-0.05, 0) is 17.7 Å². The largest absolute Gasteiger partial charge is 0.478 e. The van der Waals surface area contributed by atoms with E-state index in [0.717, 1.165) is 5.56 Å². The van der Waals surface area contributed by atoms with Gasteiger partial charge in [-0.1, -0.05) is 12.1 Å². The van der Waals surface area contributed by atoms with E-state index in [0.29, 0.717) is 0 Å². The molecule has 1 aromatic rings. The number of aromatic carboxylic acids is 1. The van der Waals surface area contributed by atoms with Crippen molar-refractivity contribution < 1.29 is 19.4 Å². The fourth-order valence-corrected chi connectivity index (χ4v) is 0.856. The van der Waals surface area contributed by atoms with Crippen LogP contribution in [0.2, 0.25) is 0 Å². The summed E-state index contributed by atoms with van der Waals surface area (Å²) in [6.45, 7) is 1.40. The van der Waals surface area contributed by atoms with Gasteiger partial charge in [0, 0.05) is 0 Å². The van der Waals surface area contributed by atoms with Crippen molar-refractivity contribution in [2.45, 2.75) is 6.61 Å². The highest BCUT2D eigenvalue weighted by Crippen LogP contribution is 2.04. The highest BCUT2D eigenvalue weighted by molar-refractivity contribution is 5.87. The molecule has 0 saturated carbocycles. The molecule has 67 valence electrons. The fourth-order valence-electron chi connectivity index (χ4n) is 0.856. The highest BCUT2D eigenvalue weighted by atomic mass is 16.5. The van der Waals surface area contributed by atoms with E-state index in [4.69, 9.17) is 5.11 Å². The van der Waals surface area contributed by atoms with Crippen molar-refractivity contribution in [3.63, 3.8) is 0 Å². The standard InChI is InChI=1S/C9H7O4/c10-6-13-5-7-1-3-8(4-2-7)9(11)12/h1-4H,5H2,(H,11,12). The van der Waals surface area contributed by atoms with Gasteiger partial charge in [-0.2, -0.15) is 0 Å². The van der Waals surface area contributed by atoms with Crippen molar-refractivity contribution in [3.05, 3.63) is 35.4 Å². The van der Waals surface area contributed by atoms with Gasteiger partial charge in [-0.15, -0.1) is 0 Å². The molecule has 0 bridgehead atoms. The Morgan fingerprint density at radius 3 is 2.46 bits per heavy atom. The predicted molar refractivity (Wildman–Crippen MR) is 43.9 cm³/mol. The van der Waals surface area contributed by atoms with E-state index in [-0.39, 0.29) is 12.2 Å². The van der Waals surface area contributed by atoms with Crippen LogP contribution >= 0.6 is 0 Å². The Bertz CT molecular complexity index is 302. The average molecular weight is 179 g/mol. The van der Waals surface area contributed by atoms with Crippen LogP contribution in [0.25, 0.3) is 0 Å². The van der Waals surface area contributed by atoms with Crippen molar-refractivity contribution in [2.24, 2.45) is 0 Å². The van der Waals surface area contributed by atoms with Crippen molar-refractivity contribution in [3.8, 4) is 0 Å². The molecule has 0 fully saturated rings. The third-order valence-corrected chi connectivity index (χ3v) is 1.50. The van der Waals surface area contributed by atoms with E-state index in [1.165, 1.54) is 18.6 Å². The van der Waals surface area contributed by atoms with E-state index >= 15 is 0 Å². The molecule has 1 rings (SSSR count). The number of rotatable bonds is 4. The fraction of sp³-hybridized carbons (Fsp3) is 0.111. The first-order chi connectivity index (χ1) is 6.24. The summed E-state index contributed by atoms with van der Waals surface area (Å²) in [5.41, 5.74) is 0.937. The first-order valence-electron chi connectivity index (χ1n) is 3.55. The molecule has 1 N–H and O–H groups in total. The molecule has 0 spiro atoms. The van der Waals surface area contributed by atoms with Crippen LogP contribution in [0.15, 0.2) is 24.3 Å². The van der Waals surface area contributed by atoms with Gasteiger partial charge in [-0.3, -0.25) is 0 Å². The zero-order chi connectivity index (χ0) is 9.68. The summed E-state index contributed by atoms with van der Waals surface area (Å²) in [6.07, 6.45) is 0. The van der Waals surface area contributed by atoms with Gasteiger partial charge in [0.2, 0.25) is 0 Å². The molecule has 0 saturated heterocycles. The van der Waals surface area contributed by atoms with Gasteiger partial charge < -0.3 is 9.84 Å². The summed E-state index contributed by atoms with van der Waals surface area (Å²) in [5.74, 6) is -0.977. The molecule has 0 unspecified atom stereocenters. The molecule has 0 heterocycles.